The number of aromatic nitrogens is 1. The van der Waals surface area contributed by atoms with Gasteiger partial charge in [-0.1, -0.05) is 72.8 Å². The highest BCUT2D eigenvalue weighted by atomic mass is 32.2. The average molecular weight is 817 g/mol. The van der Waals surface area contributed by atoms with E-state index in [0.717, 1.165) is 22.3 Å². The Kier molecular flexibility index (Phi) is 12.2. The average Bonchev–Trinajstić information content (AvgIpc) is 3.55. The number of nitrogens with one attached hydrogen (secondary N) is 2. The molecule has 13 nitrogen and oxygen atoms in total. The number of pyridine rings is 1. The van der Waals surface area contributed by atoms with E-state index >= 15 is 0 Å². The van der Waals surface area contributed by atoms with Gasteiger partial charge in [0.1, 0.15) is 28.5 Å². The number of phenols is 1. The number of alkyl carbamates (subject to hydrolysis) is 1. The number of hydrogen-bond donors (Lipinski definition) is 3. The Morgan fingerprint density at radius 2 is 1.61 bits per heavy atom. The van der Waals surface area contributed by atoms with E-state index in [0.29, 0.717) is 37.2 Å². The van der Waals surface area contributed by atoms with Gasteiger partial charge in [0.05, 0.1) is 0 Å². The lowest BCUT2D eigenvalue weighted by Gasteiger charge is -2.49. The van der Waals surface area contributed by atoms with Crippen LogP contribution in [0.1, 0.15) is 55.5 Å². The number of carbonyl (C=O) groups is 5. The molecule has 4 amide bonds. The molecule has 0 aliphatic carbocycles. The molecule has 4 heterocycles. The van der Waals surface area contributed by atoms with Crippen molar-refractivity contribution in [1.82, 2.24) is 20.4 Å². The maximum Gasteiger partial charge on any atom is 0.408 e. The third-order valence-corrected chi connectivity index (χ3v) is 11.2. The summed E-state index contributed by atoms with van der Waals surface area (Å²) in [7, 11) is 0. The van der Waals surface area contributed by atoms with Crippen molar-refractivity contribution in [2.75, 3.05) is 12.3 Å². The minimum Gasteiger partial charge on any atom is -0.508 e. The van der Waals surface area contributed by atoms with Gasteiger partial charge in [-0.25, -0.2) is 9.59 Å². The Labute approximate surface area is 346 Å². The maximum absolute atomic E-state index is 14.4. The van der Waals surface area contributed by atoms with Crippen molar-refractivity contribution in [2.24, 2.45) is 0 Å². The van der Waals surface area contributed by atoms with Crippen LogP contribution in [0.2, 0.25) is 0 Å². The summed E-state index contributed by atoms with van der Waals surface area (Å²) in [6.45, 7) is 6.38. The van der Waals surface area contributed by atoms with Gasteiger partial charge in [-0.3, -0.25) is 19.3 Å². The fraction of sp³-hybridized carbons (Fsp3) is 0.289. The molecule has 14 heteroatoms. The smallest absolute Gasteiger partial charge is 0.408 e. The lowest BCUT2D eigenvalue weighted by atomic mass is 10.00. The van der Waals surface area contributed by atoms with E-state index in [2.05, 4.69) is 10.6 Å². The summed E-state index contributed by atoms with van der Waals surface area (Å²) < 4.78 is 13.4. The number of amides is 4. The first kappa shape index (κ1) is 40.8. The highest BCUT2D eigenvalue weighted by molar-refractivity contribution is 8.00. The van der Waals surface area contributed by atoms with Crippen molar-refractivity contribution in [3.05, 3.63) is 155 Å². The molecule has 304 valence electrons. The number of β-lactam (4-membered cyclic amide) rings is 1. The SMILES string of the molecule is CC(C)(C)OC(=O)NC1C(=O)N2C(C(=O)OC(c3ccccc3)c3ccccc3)=C(C=C3CCN(Cc4cc[n+](CC(=O)NCc5cccc(O)c5)cc4)C3=O)CSC12. The second kappa shape index (κ2) is 17.6. The van der Waals surface area contributed by atoms with Gasteiger partial charge in [-0.05, 0) is 73.2 Å². The van der Waals surface area contributed by atoms with Crippen LogP contribution in [-0.4, -0.2) is 74.0 Å². The maximum atomic E-state index is 14.4. The van der Waals surface area contributed by atoms with Crippen LogP contribution >= 0.6 is 11.8 Å². The molecule has 1 aromatic heterocycles. The number of thioether (sulfide) groups is 1. The van der Waals surface area contributed by atoms with Gasteiger partial charge in [0.15, 0.2) is 18.5 Å². The Morgan fingerprint density at radius 1 is 0.932 bits per heavy atom. The van der Waals surface area contributed by atoms with Gasteiger partial charge in [0, 0.05) is 43.1 Å². The molecular weight excluding hydrogens is 771 g/mol. The molecule has 2 fully saturated rings. The van der Waals surface area contributed by atoms with Crippen molar-refractivity contribution >= 4 is 41.5 Å². The highest BCUT2D eigenvalue weighted by Crippen LogP contribution is 2.43. The summed E-state index contributed by atoms with van der Waals surface area (Å²) in [6, 6.07) is 28.2. The van der Waals surface area contributed by atoms with E-state index in [1.54, 1.807) is 66.9 Å². The summed E-state index contributed by atoms with van der Waals surface area (Å²) in [5.41, 5.74) is 3.40. The molecular formula is C45H46N5O8S+. The fourth-order valence-electron chi connectivity index (χ4n) is 7.09. The lowest BCUT2D eigenvalue weighted by Crippen LogP contribution is -2.70. The minimum atomic E-state index is -0.918. The van der Waals surface area contributed by atoms with Crippen LogP contribution in [-0.2, 0) is 48.3 Å². The van der Waals surface area contributed by atoms with Crippen LogP contribution < -0.4 is 15.2 Å². The van der Waals surface area contributed by atoms with E-state index in [1.807, 2.05) is 78.9 Å². The number of esters is 1. The van der Waals surface area contributed by atoms with Crippen LogP contribution in [0.15, 0.2) is 132 Å². The number of ether oxygens (including phenoxy) is 2. The molecule has 3 aliphatic rings. The molecule has 0 spiro atoms. The summed E-state index contributed by atoms with van der Waals surface area (Å²) in [5, 5.41) is 14.6. The van der Waals surface area contributed by atoms with Gasteiger partial charge >= 0.3 is 12.1 Å². The topological polar surface area (TPSA) is 158 Å². The van der Waals surface area contributed by atoms with Crippen molar-refractivity contribution in [2.45, 2.75) is 69.9 Å². The van der Waals surface area contributed by atoms with Gasteiger partial charge in [-0.15, -0.1) is 11.8 Å². The standard InChI is InChI=1S/C45H45N5O8S/c1-45(2,3)58-44(56)47-37-41(54)50-38(43(55)57-39(31-12-6-4-7-13-31)32-14-8-5-9-15-32)34(28-59-42(37)50)24-33-19-22-49(40(33)53)26-29-17-20-48(21-18-29)27-36(52)46-25-30-11-10-16-35(51)23-30/h4-18,20-21,23-24,37,39,42H,19,22,25-28H2,1-3H3,(H2-,46,47,51,52,56)/p+1. The molecule has 7 rings (SSSR count). The molecule has 3 aliphatic heterocycles. The molecule has 0 radical (unpaired) electrons. The molecule has 2 saturated heterocycles. The molecule has 3 aromatic carbocycles. The van der Waals surface area contributed by atoms with Gasteiger partial charge in [-0.2, -0.15) is 4.57 Å². The summed E-state index contributed by atoms with van der Waals surface area (Å²) >= 11 is 1.38. The molecule has 2 unspecified atom stereocenters. The largest absolute Gasteiger partial charge is 0.508 e. The van der Waals surface area contributed by atoms with Crippen LogP contribution in [0.3, 0.4) is 0 Å². The zero-order valence-electron chi connectivity index (χ0n) is 33.0. The van der Waals surface area contributed by atoms with Crippen LogP contribution in [0, 0.1) is 0 Å². The predicted octanol–water partition coefficient (Wildman–Crippen LogP) is 5.05. The number of fused-ring (bicyclic) bond motifs is 1. The van der Waals surface area contributed by atoms with Crippen molar-refractivity contribution in [3.63, 3.8) is 0 Å². The van der Waals surface area contributed by atoms with Gasteiger partial charge in [0.2, 0.25) is 12.5 Å². The van der Waals surface area contributed by atoms with Crippen molar-refractivity contribution < 1.29 is 43.1 Å². The molecule has 2 atom stereocenters. The summed E-state index contributed by atoms with van der Waals surface area (Å²) in [4.78, 5) is 70.4. The monoisotopic (exact) mass is 816 g/mol. The number of allylic oxidation sites excluding steroid dienone is 1. The molecule has 0 bridgehead atoms. The first-order valence-electron chi connectivity index (χ1n) is 19.3. The second-order valence-electron chi connectivity index (χ2n) is 15.5. The van der Waals surface area contributed by atoms with E-state index in [1.165, 1.54) is 16.7 Å². The van der Waals surface area contributed by atoms with Crippen LogP contribution in [0.25, 0.3) is 0 Å². The first-order valence-corrected chi connectivity index (χ1v) is 20.4. The number of hydrogen-bond acceptors (Lipinski definition) is 9. The van der Waals surface area contributed by atoms with E-state index in [9.17, 15) is 29.1 Å². The molecule has 4 aromatic rings. The number of rotatable bonds is 12. The Hall–Kier alpha value is -6.41. The number of carbonyl (C=O) groups excluding carboxylic acids is 5. The van der Waals surface area contributed by atoms with Crippen LogP contribution in [0.5, 0.6) is 5.75 Å². The third kappa shape index (κ3) is 9.83. The normalized spacial score (nSPS) is 18.4. The number of benzene rings is 3. The quantitative estimate of drug-likeness (QED) is 0.0771. The number of likely N-dealkylation sites (tertiary alicyclic amines) is 1. The lowest BCUT2D eigenvalue weighted by molar-refractivity contribution is -0.684. The second-order valence-corrected chi connectivity index (χ2v) is 16.6. The molecule has 59 heavy (non-hydrogen) atoms. The predicted molar refractivity (Wildman–Crippen MR) is 219 cm³/mol. The Bertz CT molecular complexity index is 2250. The van der Waals surface area contributed by atoms with E-state index < -0.39 is 41.1 Å². The fourth-order valence-corrected chi connectivity index (χ4v) is 8.40. The van der Waals surface area contributed by atoms with E-state index in [4.69, 9.17) is 9.47 Å². The molecule has 0 saturated carbocycles. The first-order chi connectivity index (χ1) is 28.3. The Balaban J connectivity index is 1.08. The van der Waals surface area contributed by atoms with Crippen LogP contribution in [0.4, 0.5) is 4.79 Å². The summed E-state index contributed by atoms with van der Waals surface area (Å²) in [5.74, 6) is -1.17. The molecule has 3 N–H and O–H groups in total. The number of phenolic OH excluding ortho intramolecular Hbond substituents is 1. The van der Waals surface area contributed by atoms with E-state index in [-0.39, 0.29) is 35.6 Å². The highest BCUT2D eigenvalue weighted by Gasteiger charge is 2.55. The number of aromatic hydroxyl groups is 1. The zero-order chi connectivity index (χ0) is 41.7. The van der Waals surface area contributed by atoms with Crippen molar-refractivity contribution in [3.8, 4) is 5.75 Å². The minimum absolute atomic E-state index is 0.0372. The number of nitrogens with zero attached hydrogens (tertiary/aromatic N) is 3. The van der Waals surface area contributed by atoms with Gasteiger partial charge < -0.3 is 30.1 Å². The van der Waals surface area contributed by atoms with Gasteiger partial charge in [0.25, 0.3) is 11.8 Å². The summed E-state index contributed by atoms with van der Waals surface area (Å²) in [6.07, 6.45) is 4.19. The van der Waals surface area contributed by atoms with Crippen molar-refractivity contribution in [1.29, 1.82) is 0 Å². The third-order valence-electron chi connectivity index (χ3n) is 9.91. The Morgan fingerprint density at radius 3 is 2.25 bits per heavy atom. The zero-order valence-corrected chi connectivity index (χ0v) is 33.8.